The van der Waals surface area contributed by atoms with Crippen LogP contribution in [0.1, 0.15) is 40.0 Å². The molecule has 0 saturated heterocycles. The number of aryl methyl sites for hydroxylation is 1. The molecular formula is C22H23FN2O2S. The molecule has 2 aromatic carbocycles. The Morgan fingerprint density at radius 3 is 2.71 bits per heavy atom. The Bertz CT molecular complexity index is 924. The second-order valence-electron chi connectivity index (χ2n) is 6.57. The van der Waals surface area contributed by atoms with E-state index in [1.165, 1.54) is 35.6 Å². The third-order valence-electron chi connectivity index (χ3n) is 4.18. The number of amides is 1. The van der Waals surface area contributed by atoms with Gasteiger partial charge in [0.05, 0.1) is 12.2 Å². The van der Waals surface area contributed by atoms with Crippen LogP contribution in [0.3, 0.4) is 0 Å². The van der Waals surface area contributed by atoms with Crippen molar-refractivity contribution in [1.29, 1.82) is 0 Å². The van der Waals surface area contributed by atoms with Gasteiger partial charge in [0, 0.05) is 17.5 Å². The van der Waals surface area contributed by atoms with Crippen molar-refractivity contribution in [2.75, 3.05) is 6.54 Å². The Kier molecular flexibility index (Phi) is 6.76. The summed E-state index contributed by atoms with van der Waals surface area (Å²) in [5.41, 5.74) is 2.46. The predicted octanol–water partition coefficient (Wildman–Crippen LogP) is 5.22. The zero-order valence-electron chi connectivity index (χ0n) is 16.0. The summed E-state index contributed by atoms with van der Waals surface area (Å²) < 4.78 is 18.9. The number of hydrogen-bond acceptors (Lipinski definition) is 4. The first-order chi connectivity index (χ1) is 13.5. The molecule has 1 amide bonds. The van der Waals surface area contributed by atoms with Crippen LogP contribution in [-0.4, -0.2) is 22.3 Å². The number of benzene rings is 2. The van der Waals surface area contributed by atoms with Gasteiger partial charge in [0.15, 0.2) is 0 Å². The fourth-order valence-electron chi connectivity index (χ4n) is 2.83. The standard InChI is InChI=1S/C22H23FN2O2S/c1-3-11-25(22(26)17-7-9-18(23)10-8-17)13-19-15-28-21(24-19)14-27-20-6-4-5-16(2)12-20/h4-10,12,15H,3,11,13-14H2,1-2H3. The normalized spacial score (nSPS) is 10.7. The van der Waals surface area contributed by atoms with Crippen molar-refractivity contribution in [3.63, 3.8) is 0 Å². The Balaban J connectivity index is 1.63. The quantitative estimate of drug-likeness (QED) is 0.522. The first kappa shape index (κ1) is 20.0. The molecule has 0 spiro atoms. The molecule has 3 rings (SSSR count). The number of carbonyl (C=O) groups excluding carboxylic acids is 1. The number of ether oxygens (including phenoxy) is 1. The van der Waals surface area contributed by atoms with Gasteiger partial charge in [-0.15, -0.1) is 11.3 Å². The van der Waals surface area contributed by atoms with Gasteiger partial charge in [0.25, 0.3) is 5.91 Å². The molecule has 28 heavy (non-hydrogen) atoms. The molecule has 0 aliphatic heterocycles. The average Bonchev–Trinajstić information content (AvgIpc) is 3.14. The zero-order chi connectivity index (χ0) is 19.9. The largest absolute Gasteiger partial charge is 0.486 e. The summed E-state index contributed by atoms with van der Waals surface area (Å²) in [5, 5.41) is 2.82. The second-order valence-corrected chi connectivity index (χ2v) is 7.51. The molecule has 0 N–H and O–H groups in total. The summed E-state index contributed by atoms with van der Waals surface area (Å²) in [5.74, 6) is 0.347. The van der Waals surface area contributed by atoms with Crippen molar-refractivity contribution < 1.29 is 13.9 Å². The van der Waals surface area contributed by atoms with E-state index < -0.39 is 0 Å². The topological polar surface area (TPSA) is 42.4 Å². The molecule has 0 fully saturated rings. The van der Waals surface area contributed by atoms with Gasteiger partial charge in [0.1, 0.15) is 23.2 Å². The number of thiazole rings is 1. The lowest BCUT2D eigenvalue weighted by Crippen LogP contribution is -2.31. The molecular weight excluding hydrogens is 375 g/mol. The summed E-state index contributed by atoms with van der Waals surface area (Å²) in [6.07, 6.45) is 0.834. The van der Waals surface area contributed by atoms with Gasteiger partial charge in [-0.25, -0.2) is 9.37 Å². The number of aromatic nitrogens is 1. The monoisotopic (exact) mass is 398 g/mol. The molecule has 0 aliphatic carbocycles. The van der Waals surface area contributed by atoms with E-state index in [4.69, 9.17) is 4.74 Å². The fraction of sp³-hybridized carbons (Fsp3) is 0.273. The fourth-order valence-corrected chi connectivity index (χ4v) is 3.53. The molecule has 3 aromatic rings. The zero-order valence-corrected chi connectivity index (χ0v) is 16.8. The SMILES string of the molecule is CCCN(Cc1csc(COc2cccc(C)c2)n1)C(=O)c1ccc(F)cc1. The summed E-state index contributed by atoms with van der Waals surface area (Å²) in [4.78, 5) is 19.1. The van der Waals surface area contributed by atoms with E-state index in [2.05, 4.69) is 4.98 Å². The van der Waals surface area contributed by atoms with Crippen LogP contribution < -0.4 is 4.74 Å². The van der Waals surface area contributed by atoms with Gasteiger partial charge in [0.2, 0.25) is 0 Å². The molecule has 4 nitrogen and oxygen atoms in total. The lowest BCUT2D eigenvalue weighted by molar-refractivity contribution is 0.0741. The molecule has 0 radical (unpaired) electrons. The van der Waals surface area contributed by atoms with Crippen molar-refractivity contribution in [2.45, 2.75) is 33.4 Å². The highest BCUT2D eigenvalue weighted by molar-refractivity contribution is 7.09. The lowest BCUT2D eigenvalue weighted by Gasteiger charge is -2.21. The van der Waals surface area contributed by atoms with E-state index in [1.54, 1.807) is 4.90 Å². The Morgan fingerprint density at radius 1 is 1.21 bits per heavy atom. The Labute approximate surface area is 168 Å². The average molecular weight is 399 g/mol. The van der Waals surface area contributed by atoms with Crippen LogP contribution in [0.25, 0.3) is 0 Å². The Morgan fingerprint density at radius 2 is 2.00 bits per heavy atom. The summed E-state index contributed by atoms with van der Waals surface area (Å²) in [7, 11) is 0. The van der Waals surface area contributed by atoms with E-state index in [9.17, 15) is 9.18 Å². The maximum Gasteiger partial charge on any atom is 0.254 e. The van der Waals surface area contributed by atoms with Crippen LogP contribution in [0.2, 0.25) is 0 Å². The van der Waals surface area contributed by atoms with E-state index in [0.29, 0.717) is 25.3 Å². The minimum absolute atomic E-state index is 0.118. The van der Waals surface area contributed by atoms with Crippen molar-refractivity contribution in [2.24, 2.45) is 0 Å². The molecule has 6 heteroatoms. The summed E-state index contributed by atoms with van der Waals surface area (Å²) in [6.45, 7) is 5.48. The molecule has 0 atom stereocenters. The summed E-state index contributed by atoms with van der Waals surface area (Å²) >= 11 is 1.52. The first-order valence-electron chi connectivity index (χ1n) is 9.22. The van der Waals surface area contributed by atoms with Crippen molar-refractivity contribution in [1.82, 2.24) is 9.88 Å². The predicted molar refractivity (Wildman–Crippen MR) is 109 cm³/mol. The summed E-state index contributed by atoms with van der Waals surface area (Å²) in [6, 6.07) is 13.5. The van der Waals surface area contributed by atoms with Gasteiger partial charge in [-0.05, 0) is 55.3 Å². The molecule has 146 valence electrons. The molecule has 0 saturated carbocycles. The van der Waals surface area contributed by atoms with E-state index in [0.717, 1.165) is 28.4 Å². The highest BCUT2D eigenvalue weighted by Crippen LogP contribution is 2.18. The number of rotatable bonds is 8. The maximum absolute atomic E-state index is 13.1. The highest BCUT2D eigenvalue weighted by Gasteiger charge is 2.17. The van der Waals surface area contributed by atoms with Gasteiger partial charge < -0.3 is 9.64 Å². The van der Waals surface area contributed by atoms with Gasteiger partial charge >= 0.3 is 0 Å². The van der Waals surface area contributed by atoms with Crippen LogP contribution in [0.5, 0.6) is 5.75 Å². The number of halogens is 1. The second kappa shape index (κ2) is 9.46. The molecule has 0 unspecified atom stereocenters. The molecule has 1 aromatic heterocycles. The van der Waals surface area contributed by atoms with E-state index >= 15 is 0 Å². The van der Waals surface area contributed by atoms with Crippen LogP contribution in [0.4, 0.5) is 4.39 Å². The number of nitrogens with zero attached hydrogens (tertiary/aromatic N) is 2. The minimum atomic E-state index is -0.351. The van der Waals surface area contributed by atoms with Crippen molar-refractivity contribution in [3.05, 3.63) is 81.6 Å². The van der Waals surface area contributed by atoms with Crippen LogP contribution in [-0.2, 0) is 13.2 Å². The van der Waals surface area contributed by atoms with E-state index in [1.807, 2.05) is 43.5 Å². The van der Waals surface area contributed by atoms with Crippen molar-refractivity contribution in [3.8, 4) is 5.75 Å². The van der Waals surface area contributed by atoms with Gasteiger partial charge in [-0.2, -0.15) is 0 Å². The van der Waals surface area contributed by atoms with Crippen LogP contribution in [0, 0.1) is 12.7 Å². The van der Waals surface area contributed by atoms with Crippen LogP contribution >= 0.6 is 11.3 Å². The molecule has 0 bridgehead atoms. The third kappa shape index (κ3) is 5.39. The highest BCUT2D eigenvalue weighted by atomic mass is 32.1. The third-order valence-corrected chi connectivity index (χ3v) is 5.05. The molecule has 0 aliphatic rings. The Hall–Kier alpha value is -2.73. The van der Waals surface area contributed by atoms with Gasteiger partial charge in [-0.3, -0.25) is 4.79 Å². The number of carbonyl (C=O) groups is 1. The smallest absolute Gasteiger partial charge is 0.254 e. The van der Waals surface area contributed by atoms with Crippen molar-refractivity contribution >= 4 is 17.2 Å². The molecule has 1 heterocycles. The number of hydrogen-bond donors (Lipinski definition) is 0. The lowest BCUT2D eigenvalue weighted by atomic mass is 10.2. The van der Waals surface area contributed by atoms with E-state index in [-0.39, 0.29) is 11.7 Å². The first-order valence-corrected chi connectivity index (χ1v) is 10.1. The van der Waals surface area contributed by atoms with Gasteiger partial charge in [-0.1, -0.05) is 19.1 Å². The van der Waals surface area contributed by atoms with Crippen LogP contribution in [0.15, 0.2) is 53.9 Å². The maximum atomic E-state index is 13.1. The minimum Gasteiger partial charge on any atom is -0.486 e.